The number of esters is 1. The van der Waals surface area contributed by atoms with Crippen LogP contribution in [0, 0.1) is 10.1 Å². The summed E-state index contributed by atoms with van der Waals surface area (Å²) in [6.07, 6.45) is -0.0551. The molecule has 0 aliphatic carbocycles. The van der Waals surface area contributed by atoms with E-state index >= 15 is 0 Å². The van der Waals surface area contributed by atoms with Crippen molar-refractivity contribution in [3.63, 3.8) is 0 Å². The number of rotatable bonds is 6. The molecular weight excluding hydrogens is 318 g/mol. The van der Waals surface area contributed by atoms with E-state index in [4.69, 9.17) is 9.47 Å². The second-order valence-corrected chi connectivity index (χ2v) is 4.23. The van der Waals surface area contributed by atoms with Crippen molar-refractivity contribution in [2.75, 3.05) is 13.7 Å². The van der Waals surface area contributed by atoms with Gasteiger partial charge in [-0.3, -0.25) is 14.9 Å². The summed E-state index contributed by atoms with van der Waals surface area (Å²) in [5.41, 5.74) is 0.892. The normalized spacial score (nSPS) is 10.1. The fourth-order valence-corrected chi connectivity index (χ4v) is 2.08. The molecule has 0 heterocycles. The third kappa shape index (κ3) is 3.92. The molecule has 0 atom stereocenters. The third-order valence-corrected chi connectivity index (χ3v) is 3.07. The molecule has 0 fully saturated rings. The van der Waals surface area contributed by atoms with Crippen molar-refractivity contribution in [3.8, 4) is 5.75 Å². The first kappa shape index (κ1) is 15.4. The standard InChI is InChI=1S/C12H14BrNO5/c1-3-19-12(15)6-8-4-10(14(16)17)9(7-13)5-11(8)18-2/h4-5H,3,6-7H2,1-2H3. The molecular formula is C12H14BrNO5. The van der Waals surface area contributed by atoms with E-state index in [0.717, 1.165) is 0 Å². The monoisotopic (exact) mass is 331 g/mol. The maximum Gasteiger partial charge on any atom is 0.310 e. The Kier molecular flexibility index (Phi) is 5.75. The zero-order chi connectivity index (χ0) is 14.4. The van der Waals surface area contributed by atoms with Crippen molar-refractivity contribution in [1.82, 2.24) is 0 Å². The van der Waals surface area contributed by atoms with Crippen LogP contribution in [0.4, 0.5) is 5.69 Å². The molecule has 1 rings (SSSR count). The van der Waals surface area contributed by atoms with E-state index in [9.17, 15) is 14.9 Å². The summed E-state index contributed by atoms with van der Waals surface area (Å²) in [6, 6.07) is 2.91. The second-order valence-electron chi connectivity index (χ2n) is 3.67. The molecule has 1 aromatic rings. The Labute approximate surface area is 119 Å². The van der Waals surface area contributed by atoms with Crippen LogP contribution in [0.2, 0.25) is 0 Å². The van der Waals surface area contributed by atoms with Gasteiger partial charge in [0.15, 0.2) is 0 Å². The molecule has 0 aliphatic rings. The Morgan fingerprint density at radius 3 is 2.58 bits per heavy atom. The van der Waals surface area contributed by atoms with Gasteiger partial charge in [-0.2, -0.15) is 0 Å². The van der Waals surface area contributed by atoms with Crippen LogP contribution < -0.4 is 4.74 Å². The summed E-state index contributed by atoms with van der Waals surface area (Å²) in [5.74, 6) is -0.00482. The number of nitro benzene ring substituents is 1. The molecule has 19 heavy (non-hydrogen) atoms. The van der Waals surface area contributed by atoms with E-state index in [2.05, 4.69) is 15.9 Å². The first-order valence-corrected chi connectivity index (χ1v) is 6.71. The summed E-state index contributed by atoms with van der Waals surface area (Å²) in [6.45, 7) is 1.97. The van der Waals surface area contributed by atoms with Crippen LogP contribution in [-0.2, 0) is 21.3 Å². The molecule has 0 radical (unpaired) electrons. The molecule has 0 aliphatic heterocycles. The Morgan fingerprint density at radius 2 is 2.11 bits per heavy atom. The summed E-state index contributed by atoms with van der Waals surface area (Å²) in [7, 11) is 1.45. The third-order valence-electron chi connectivity index (χ3n) is 2.46. The Morgan fingerprint density at radius 1 is 1.42 bits per heavy atom. The quantitative estimate of drug-likeness (QED) is 0.346. The van der Waals surface area contributed by atoms with Crippen molar-refractivity contribution >= 4 is 27.6 Å². The molecule has 0 aromatic heterocycles. The maximum atomic E-state index is 11.5. The van der Waals surface area contributed by atoms with Crippen LogP contribution in [-0.4, -0.2) is 24.6 Å². The molecule has 104 valence electrons. The van der Waals surface area contributed by atoms with Crippen molar-refractivity contribution in [2.45, 2.75) is 18.7 Å². The first-order valence-electron chi connectivity index (χ1n) is 5.59. The highest BCUT2D eigenvalue weighted by atomic mass is 79.9. The largest absolute Gasteiger partial charge is 0.496 e. The number of benzene rings is 1. The van der Waals surface area contributed by atoms with Gasteiger partial charge in [-0.25, -0.2) is 0 Å². The summed E-state index contributed by atoms with van der Waals surface area (Å²) < 4.78 is 9.98. The van der Waals surface area contributed by atoms with Gasteiger partial charge < -0.3 is 9.47 Å². The van der Waals surface area contributed by atoms with Gasteiger partial charge in [0.25, 0.3) is 5.69 Å². The lowest BCUT2D eigenvalue weighted by atomic mass is 10.1. The van der Waals surface area contributed by atoms with Gasteiger partial charge in [0.05, 0.1) is 25.1 Å². The predicted octanol–water partition coefficient (Wildman–Crippen LogP) is 2.60. The lowest BCUT2D eigenvalue weighted by molar-refractivity contribution is -0.385. The molecule has 7 heteroatoms. The topological polar surface area (TPSA) is 78.7 Å². The molecule has 0 bridgehead atoms. The van der Waals surface area contributed by atoms with Gasteiger partial charge in [-0.15, -0.1) is 0 Å². The Balaban J connectivity index is 3.18. The van der Waals surface area contributed by atoms with Gasteiger partial charge in [0, 0.05) is 22.5 Å². The van der Waals surface area contributed by atoms with Crippen LogP contribution >= 0.6 is 15.9 Å². The SMILES string of the molecule is CCOC(=O)Cc1cc([N+](=O)[O-])c(CBr)cc1OC. The number of ether oxygens (including phenoxy) is 2. The molecule has 0 saturated heterocycles. The zero-order valence-corrected chi connectivity index (χ0v) is 12.2. The minimum atomic E-state index is -0.481. The number of halogens is 1. The Bertz CT molecular complexity index is 489. The molecule has 1 aromatic carbocycles. The number of carbonyl (C=O) groups excluding carboxylic acids is 1. The van der Waals surface area contributed by atoms with E-state index in [1.165, 1.54) is 13.2 Å². The first-order chi connectivity index (χ1) is 9.03. The molecule has 0 unspecified atom stereocenters. The summed E-state index contributed by atoms with van der Waals surface area (Å²) in [5, 5.41) is 11.3. The highest BCUT2D eigenvalue weighted by molar-refractivity contribution is 9.08. The average molecular weight is 332 g/mol. The molecule has 6 nitrogen and oxygen atoms in total. The highest BCUT2D eigenvalue weighted by Crippen LogP contribution is 2.30. The average Bonchev–Trinajstić information content (AvgIpc) is 2.38. The molecule has 0 amide bonds. The van der Waals surface area contributed by atoms with Crippen molar-refractivity contribution < 1.29 is 19.2 Å². The fourth-order valence-electron chi connectivity index (χ4n) is 1.63. The zero-order valence-electron chi connectivity index (χ0n) is 10.6. The van der Waals surface area contributed by atoms with Gasteiger partial charge in [0.2, 0.25) is 0 Å². The van der Waals surface area contributed by atoms with E-state index in [1.54, 1.807) is 13.0 Å². The number of nitrogens with zero attached hydrogens (tertiary/aromatic N) is 1. The maximum absolute atomic E-state index is 11.5. The minimum absolute atomic E-state index is 0.0445. The van der Waals surface area contributed by atoms with E-state index in [0.29, 0.717) is 22.2 Å². The van der Waals surface area contributed by atoms with Gasteiger partial charge >= 0.3 is 5.97 Å². The highest BCUT2D eigenvalue weighted by Gasteiger charge is 2.19. The van der Waals surface area contributed by atoms with E-state index in [1.807, 2.05) is 0 Å². The van der Waals surface area contributed by atoms with Crippen LogP contribution in [0.25, 0.3) is 0 Å². The van der Waals surface area contributed by atoms with Gasteiger partial charge in [0.1, 0.15) is 5.75 Å². The van der Waals surface area contributed by atoms with E-state index < -0.39 is 10.9 Å². The predicted molar refractivity (Wildman–Crippen MR) is 72.6 cm³/mol. The van der Waals surface area contributed by atoms with Crippen LogP contribution in [0.15, 0.2) is 12.1 Å². The number of hydrogen-bond acceptors (Lipinski definition) is 5. The summed E-state index contributed by atoms with van der Waals surface area (Å²) >= 11 is 3.19. The Hall–Kier alpha value is -1.63. The van der Waals surface area contributed by atoms with Crippen LogP contribution in [0.3, 0.4) is 0 Å². The molecule has 0 N–H and O–H groups in total. The smallest absolute Gasteiger partial charge is 0.310 e. The number of hydrogen-bond donors (Lipinski definition) is 0. The van der Waals surface area contributed by atoms with E-state index in [-0.39, 0.29) is 18.7 Å². The van der Waals surface area contributed by atoms with Crippen LogP contribution in [0.5, 0.6) is 5.75 Å². The lowest BCUT2D eigenvalue weighted by Gasteiger charge is -2.10. The molecule has 0 saturated carbocycles. The second kappa shape index (κ2) is 7.08. The summed E-state index contributed by atoms with van der Waals surface area (Å²) in [4.78, 5) is 21.9. The minimum Gasteiger partial charge on any atom is -0.496 e. The lowest BCUT2D eigenvalue weighted by Crippen LogP contribution is -2.09. The fraction of sp³-hybridized carbons (Fsp3) is 0.417. The van der Waals surface area contributed by atoms with Crippen molar-refractivity contribution in [1.29, 1.82) is 0 Å². The molecule has 0 spiro atoms. The number of methoxy groups -OCH3 is 1. The van der Waals surface area contributed by atoms with Crippen LogP contribution in [0.1, 0.15) is 18.1 Å². The number of alkyl halides is 1. The number of carbonyl (C=O) groups is 1. The number of nitro groups is 1. The van der Waals surface area contributed by atoms with Crippen molar-refractivity contribution in [2.24, 2.45) is 0 Å². The van der Waals surface area contributed by atoms with Gasteiger partial charge in [-0.1, -0.05) is 15.9 Å². The van der Waals surface area contributed by atoms with Gasteiger partial charge in [-0.05, 0) is 13.0 Å². The van der Waals surface area contributed by atoms with Crippen molar-refractivity contribution in [3.05, 3.63) is 33.4 Å².